The Morgan fingerprint density at radius 1 is 1.08 bits per heavy atom. The summed E-state index contributed by atoms with van der Waals surface area (Å²) in [5.74, 6) is 0.958. The van der Waals surface area contributed by atoms with Gasteiger partial charge in [0.25, 0.3) is 0 Å². The number of carbonyl (C=O) groups is 1. The molecule has 2 bridgehead atoms. The smallest absolute Gasteiger partial charge is 0.241 e. The van der Waals surface area contributed by atoms with E-state index in [1.165, 1.54) is 24.8 Å². The van der Waals surface area contributed by atoms with Crippen LogP contribution >= 0.6 is 0 Å². The van der Waals surface area contributed by atoms with Crippen molar-refractivity contribution < 1.29 is 4.79 Å². The molecule has 2 N–H and O–H groups in total. The van der Waals surface area contributed by atoms with E-state index in [-0.39, 0.29) is 6.04 Å². The van der Waals surface area contributed by atoms with E-state index in [0.29, 0.717) is 17.9 Å². The van der Waals surface area contributed by atoms with Gasteiger partial charge in [-0.15, -0.1) is 0 Å². The predicted molar refractivity (Wildman–Crippen MR) is 99.0 cm³/mol. The van der Waals surface area contributed by atoms with Crippen molar-refractivity contribution in [2.24, 2.45) is 5.92 Å². The van der Waals surface area contributed by atoms with Crippen molar-refractivity contribution in [2.45, 2.75) is 44.2 Å². The van der Waals surface area contributed by atoms with Crippen molar-refractivity contribution in [3.05, 3.63) is 35.9 Å². The second kappa shape index (κ2) is 7.85. The second-order valence-electron chi connectivity index (χ2n) is 7.85. The summed E-state index contributed by atoms with van der Waals surface area (Å²) in [6.07, 6.45) is 5.71. The number of nitrogens with zero attached hydrogens (tertiary/aromatic N) is 2. The maximum Gasteiger partial charge on any atom is 0.241 e. The molecule has 4 fully saturated rings. The Balaban J connectivity index is 1.32. The van der Waals surface area contributed by atoms with E-state index >= 15 is 0 Å². The van der Waals surface area contributed by atoms with E-state index in [1.54, 1.807) is 0 Å². The molecular weight excluding hydrogens is 312 g/mol. The summed E-state index contributed by atoms with van der Waals surface area (Å²) >= 11 is 0. The molecule has 136 valence electrons. The molecule has 25 heavy (non-hydrogen) atoms. The number of rotatable bonds is 5. The highest BCUT2D eigenvalue weighted by Gasteiger charge is 2.39. The van der Waals surface area contributed by atoms with Gasteiger partial charge in [0.2, 0.25) is 5.91 Å². The summed E-state index contributed by atoms with van der Waals surface area (Å²) in [4.78, 5) is 17.7. The topological polar surface area (TPSA) is 47.6 Å². The maximum absolute atomic E-state index is 12.9. The zero-order valence-electron chi connectivity index (χ0n) is 15.0. The van der Waals surface area contributed by atoms with Crippen molar-refractivity contribution in [2.75, 3.05) is 32.7 Å². The Bertz CT molecular complexity index is 572. The summed E-state index contributed by atoms with van der Waals surface area (Å²) in [6.45, 7) is 5.20. The molecule has 4 aliphatic rings. The molecule has 1 amide bonds. The molecule has 1 aromatic carbocycles. The first-order valence-corrected chi connectivity index (χ1v) is 9.85. The predicted octanol–water partition coefficient (Wildman–Crippen LogP) is 1.41. The van der Waals surface area contributed by atoms with Crippen LogP contribution in [0.25, 0.3) is 0 Å². The molecule has 0 saturated carbocycles. The number of hydrazine groups is 1. The first-order chi connectivity index (χ1) is 12.3. The van der Waals surface area contributed by atoms with Gasteiger partial charge < -0.3 is 9.80 Å². The van der Waals surface area contributed by atoms with E-state index < -0.39 is 0 Å². The van der Waals surface area contributed by atoms with Crippen molar-refractivity contribution in [1.29, 1.82) is 0 Å². The van der Waals surface area contributed by atoms with Gasteiger partial charge >= 0.3 is 0 Å². The largest absolute Gasteiger partial charge is 0.337 e. The molecule has 5 nitrogen and oxygen atoms in total. The van der Waals surface area contributed by atoms with Crippen LogP contribution in [0.5, 0.6) is 0 Å². The third-order valence-electron chi connectivity index (χ3n) is 5.99. The number of carbonyl (C=O) groups excluding carboxylic acids is 1. The van der Waals surface area contributed by atoms with Crippen LogP contribution in [0.1, 0.15) is 31.2 Å². The molecule has 1 unspecified atom stereocenters. The van der Waals surface area contributed by atoms with Crippen molar-refractivity contribution in [1.82, 2.24) is 20.7 Å². The molecule has 0 aliphatic carbocycles. The minimum absolute atomic E-state index is 0.0223. The zero-order valence-corrected chi connectivity index (χ0v) is 15.0. The van der Waals surface area contributed by atoms with Crippen LogP contribution in [-0.4, -0.2) is 60.5 Å². The highest BCUT2D eigenvalue weighted by atomic mass is 16.2. The maximum atomic E-state index is 12.9. The number of fused-ring (bicyclic) bond motifs is 4. The Morgan fingerprint density at radius 2 is 1.96 bits per heavy atom. The molecule has 0 aromatic heterocycles. The third kappa shape index (κ3) is 4.05. The van der Waals surface area contributed by atoms with Gasteiger partial charge in [0.05, 0.1) is 0 Å². The standard InChI is InChI=1S/C20H30N4O/c25-20(19-10-11-21-22-19)24-14-17-8-9-18(24)15-23(13-17)12-4-7-16-5-2-1-3-6-16/h1-3,5-6,17-19,21-22H,4,7-15H2/t17-,18+,19?/m0/s1. The van der Waals surface area contributed by atoms with E-state index in [1.807, 2.05) is 0 Å². The van der Waals surface area contributed by atoms with Crippen molar-refractivity contribution in [3.63, 3.8) is 0 Å². The highest BCUT2D eigenvalue weighted by molar-refractivity contribution is 5.82. The molecule has 4 aliphatic heterocycles. The quantitative estimate of drug-likeness (QED) is 0.849. The van der Waals surface area contributed by atoms with Crippen LogP contribution in [0.3, 0.4) is 0 Å². The van der Waals surface area contributed by atoms with Crippen molar-refractivity contribution >= 4 is 5.91 Å². The lowest BCUT2D eigenvalue weighted by molar-refractivity contribution is -0.137. The fourth-order valence-electron chi connectivity index (χ4n) is 4.65. The number of aryl methyl sites for hydroxylation is 1. The number of piperidine rings is 1. The molecule has 4 saturated heterocycles. The average molecular weight is 342 g/mol. The summed E-state index contributed by atoms with van der Waals surface area (Å²) in [7, 11) is 0. The summed E-state index contributed by atoms with van der Waals surface area (Å²) in [5, 5.41) is 0. The van der Waals surface area contributed by atoms with Gasteiger partial charge in [-0.2, -0.15) is 0 Å². The van der Waals surface area contributed by atoms with Crippen molar-refractivity contribution in [3.8, 4) is 0 Å². The normalized spacial score (nSPS) is 29.8. The summed E-state index contributed by atoms with van der Waals surface area (Å²) < 4.78 is 0. The Kier molecular flexibility index (Phi) is 5.34. The lowest BCUT2D eigenvalue weighted by atomic mass is 9.94. The van der Waals surface area contributed by atoms with Gasteiger partial charge in [-0.3, -0.25) is 10.2 Å². The number of benzene rings is 1. The Hall–Kier alpha value is -1.43. The first-order valence-electron chi connectivity index (χ1n) is 9.85. The van der Waals surface area contributed by atoms with Crippen LogP contribution in [0.2, 0.25) is 0 Å². The monoisotopic (exact) mass is 342 g/mol. The number of nitrogens with one attached hydrogen (secondary N) is 2. The van der Waals surface area contributed by atoms with E-state index in [2.05, 4.69) is 51.0 Å². The molecule has 5 rings (SSSR count). The van der Waals surface area contributed by atoms with Crippen LogP contribution in [-0.2, 0) is 11.2 Å². The number of hydrogen-bond donors (Lipinski definition) is 2. The van der Waals surface area contributed by atoms with Crippen LogP contribution in [0.15, 0.2) is 30.3 Å². The van der Waals surface area contributed by atoms with Crippen LogP contribution in [0.4, 0.5) is 0 Å². The van der Waals surface area contributed by atoms with Gasteiger partial charge in [0, 0.05) is 32.2 Å². The van der Waals surface area contributed by atoms with E-state index in [9.17, 15) is 4.79 Å². The van der Waals surface area contributed by atoms with E-state index in [4.69, 9.17) is 0 Å². The first kappa shape index (κ1) is 17.0. The van der Waals surface area contributed by atoms with Gasteiger partial charge in [0.15, 0.2) is 0 Å². The second-order valence-corrected chi connectivity index (χ2v) is 7.85. The number of hydrogen-bond acceptors (Lipinski definition) is 4. The molecule has 5 heteroatoms. The fraction of sp³-hybridized carbons (Fsp3) is 0.650. The van der Waals surface area contributed by atoms with E-state index in [0.717, 1.165) is 45.6 Å². The van der Waals surface area contributed by atoms with Crippen LogP contribution in [0, 0.1) is 5.92 Å². The summed E-state index contributed by atoms with van der Waals surface area (Å²) in [6, 6.07) is 11.1. The van der Waals surface area contributed by atoms with Gasteiger partial charge in [-0.1, -0.05) is 30.3 Å². The average Bonchev–Trinajstić information content (AvgIpc) is 3.04. The minimum Gasteiger partial charge on any atom is -0.337 e. The van der Waals surface area contributed by atoms with Gasteiger partial charge in [0.1, 0.15) is 6.04 Å². The molecule has 1 aromatic rings. The minimum atomic E-state index is -0.0223. The Morgan fingerprint density at radius 3 is 2.76 bits per heavy atom. The lowest BCUT2D eigenvalue weighted by Crippen LogP contribution is -2.53. The lowest BCUT2D eigenvalue weighted by Gasteiger charge is -2.37. The molecular formula is C20H30N4O. The SMILES string of the molecule is O=C(C1CCNN1)N1C[C@H]2CC[C@@H]1CN(CCCc1ccccc1)C2. The Labute approximate surface area is 150 Å². The molecule has 4 heterocycles. The molecule has 0 spiro atoms. The fourth-order valence-corrected chi connectivity index (χ4v) is 4.65. The summed E-state index contributed by atoms with van der Waals surface area (Å²) in [5.41, 5.74) is 7.67. The highest BCUT2D eigenvalue weighted by Crippen LogP contribution is 2.29. The van der Waals surface area contributed by atoms with Gasteiger partial charge in [-0.25, -0.2) is 5.43 Å². The third-order valence-corrected chi connectivity index (χ3v) is 5.99. The van der Waals surface area contributed by atoms with Crippen LogP contribution < -0.4 is 10.9 Å². The van der Waals surface area contributed by atoms with Gasteiger partial charge in [-0.05, 0) is 50.1 Å². The molecule has 0 radical (unpaired) electrons. The number of amides is 1. The zero-order chi connectivity index (χ0) is 17.1. The molecule has 3 atom stereocenters.